The third kappa shape index (κ3) is 3.55. The second-order valence-electron chi connectivity index (χ2n) is 4.83. The van der Waals surface area contributed by atoms with E-state index in [0.29, 0.717) is 5.92 Å². The molecule has 1 atom stereocenters. The summed E-state index contributed by atoms with van der Waals surface area (Å²) >= 11 is 4.72. The molecular weight excluding hydrogens is 340 g/mol. The second kappa shape index (κ2) is 6.63. The van der Waals surface area contributed by atoms with Crippen LogP contribution in [0.2, 0.25) is 0 Å². The molecule has 1 N–H and O–H groups in total. The maximum Gasteiger partial charge on any atom is 0.313 e. The Bertz CT molecular complexity index is 627. The molecule has 0 amide bonds. The fourth-order valence-electron chi connectivity index (χ4n) is 1.93. The maximum atomic E-state index is 10.8. The first-order valence-corrected chi connectivity index (χ1v) is 8.29. The van der Waals surface area contributed by atoms with Gasteiger partial charge in [0.1, 0.15) is 0 Å². The minimum absolute atomic E-state index is 0.0327. The summed E-state index contributed by atoms with van der Waals surface area (Å²) < 4.78 is 3.11. The molecule has 1 aromatic carbocycles. The lowest BCUT2D eigenvalue weighted by molar-refractivity contribution is -0.133. The van der Waals surface area contributed by atoms with Gasteiger partial charge in [-0.15, -0.1) is 0 Å². The Labute approximate surface area is 130 Å². The summed E-state index contributed by atoms with van der Waals surface area (Å²) in [5.41, 5.74) is 1.96. The van der Waals surface area contributed by atoms with E-state index in [0.717, 1.165) is 33.6 Å². The topological polar surface area (TPSA) is 55.1 Å². The van der Waals surface area contributed by atoms with Crippen LogP contribution in [0.5, 0.6) is 0 Å². The Balaban J connectivity index is 2.41. The van der Waals surface area contributed by atoms with Crippen molar-refractivity contribution < 1.29 is 9.90 Å². The number of halogens is 1. The number of carboxylic acid groups (broad SMARTS) is 1. The van der Waals surface area contributed by atoms with E-state index in [4.69, 9.17) is 5.11 Å². The van der Waals surface area contributed by atoms with Gasteiger partial charge in [-0.2, -0.15) is 0 Å². The summed E-state index contributed by atoms with van der Waals surface area (Å²) in [7, 11) is 0. The quantitative estimate of drug-likeness (QED) is 0.794. The van der Waals surface area contributed by atoms with E-state index in [1.165, 1.54) is 11.8 Å². The number of fused-ring (bicyclic) bond motifs is 1. The third-order valence-electron chi connectivity index (χ3n) is 3.19. The number of rotatable bonds is 6. The molecule has 0 saturated heterocycles. The van der Waals surface area contributed by atoms with Crippen LogP contribution in [-0.4, -0.2) is 26.4 Å². The minimum atomic E-state index is -0.821. The standard InChI is InChI=1S/C14H17BrN2O2S/c1-3-9(2)7-17-12-5-4-10(15)6-11(12)16-14(17)20-8-13(18)19/h4-6,9H,3,7-8H2,1-2H3,(H,18,19). The van der Waals surface area contributed by atoms with Crippen LogP contribution in [0, 0.1) is 5.92 Å². The highest BCUT2D eigenvalue weighted by Crippen LogP contribution is 2.27. The number of hydrogen-bond donors (Lipinski definition) is 1. The molecule has 0 saturated carbocycles. The Kier molecular flexibility index (Phi) is 5.10. The van der Waals surface area contributed by atoms with E-state index in [9.17, 15) is 4.79 Å². The molecule has 0 fully saturated rings. The summed E-state index contributed by atoms with van der Waals surface area (Å²) in [4.78, 5) is 15.3. The number of carboxylic acids is 1. The van der Waals surface area contributed by atoms with Gasteiger partial charge in [0.05, 0.1) is 16.8 Å². The highest BCUT2D eigenvalue weighted by Gasteiger charge is 2.14. The van der Waals surface area contributed by atoms with E-state index in [-0.39, 0.29) is 5.75 Å². The lowest BCUT2D eigenvalue weighted by Crippen LogP contribution is -2.09. The van der Waals surface area contributed by atoms with Crippen LogP contribution in [0.4, 0.5) is 0 Å². The van der Waals surface area contributed by atoms with Gasteiger partial charge in [0.2, 0.25) is 0 Å². The monoisotopic (exact) mass is 356 g/mol. The van der Waals surface area contributed by atoms with Gasteiger partial charge in [-0.1, -0.05) is 48.0 Å². The van der Waals surface area contributed by atoms with Gasteiger partial charge in [0, 0.05) is 11.0 Å². The van der Waals surface area contributed by atoms with Crippen LogP contribution >= 0.6 is 27.7 Å². The van der Waals surface area contributed by atoms with Crippen molar-refractivity contribution in [2.24, 2.45) is 5.92 Å². The molecule has 0 aliphatic heterocycles. The number of hydrogen-bond acceptors (Lipinski definition) is 3. The maximum absolute atomic E-state index is 10.8. The fraction of sp³-hybridized carbons (Fsp3) is 0.429. The molecule has 1 aromatic heterocycles. The Hall–Kier alpha value is -1.01. The van der Waals surface area contributed by atoms with E-state index >= 15 is 0 Å². The van der Waals surface area contributed by atoms with Gasteiger partial charge in [-0.25, -0.2) is 4.98 Å². The zero-order valence-electron chi connectivity index (χ0n) is 11.5. The molecule has 0 bridgehead atoms. The number of benzene rings is 1. The smallest absolute Gasteiger partial charge is 0.313 e. The van der Waals surface area contributed by atoms with Crippen molar-refractivity contribution in [2.45, 2.75) is 32.0 Å². The van der Waals surface area contributed by atoms with Gasteiger partial charge in [0.25, 0.3) is 0 Å². The largest absolute Gasteiger partial charge is 0.481 e. The molecule has 4 nitrogen and oxygen atoms in total. The molecule has 0 aliphatic carbocycles. The van der Waals surface area contributed by atoms with Gasteiger partial charge in [0.15, 0.2) is 5.16 Å². The summed E-state index contributed by atoms with van der Waals surface area (Å²) in [6.45, 7) is 5.21. The predicted molar refractivity (Wildman–Crippen MR) is 85.2 cm³/mol. The first-order valence-electron chi connectivity index (χ1n) is 6.51. The molecule has 1 unspecified atom stereocenters. The number of imidazole rings is 1. The number of nitrogens with zero attached hydrogens (tertiary/aromatic N) is 2. The molecule has 6 heteroatoms. The lowest BCUT2D eigenvalue weighted by atomic mass is 10.1. The average molecular weight is 357 g/mol. The molecule has 2 aromatic rings. The Morgan fingerprint density at radius 1 is 1.55 bits per heavy atom. The van der Waals surface area contributed by atoms with Gasteiger partial charge >= 0.3 is 5.97 Å². The number of thioether (sulfide) groups is 1. The molecule has 108 valence electrons. The zero-order valence-corrected chi connectivity index (χ0v) is 13.9. The van der Waals surface area contributed by atoms with Crippen molar-refractivity contribution in [3.05, 3.63) is 22.7 Å². The van der Waals surface area contributed by atoms with Crippen LogP contribution in [0.1, 0.15) is 20.3 Å². The molecule has 0 aliphatic rings. The SMILES string of the molecule is CCC(C)Cn1c(SCC(=O)O)nc2cc(Br)ccc21. The first-order chi connectivity index (χ1) is 9.51. The summed E-state index contributed by atoms with van der Waals surface area (Å²) in [6, 6.07) is 5.98. The molecule has 2 rings (SSSR count). The lowest BCUT2D eigenvalue weighted by Gasteiger charge is -2.13. The highest BCUT2D eigenvalue weighted by atomic mass is 79.9. The van der Waals surface area contributed by atoms with Crippen LogP contribution in [0.25, 0.3) is 11.0 Å². The highest BCUT2D eigenvalue weighted by molar-refractivity contribution is 9.10. The van der Waals surface area contributed by atoms with Gasteiger partial charge in [-0.05, 0) is 24.1 Å². The van der Waals surface area contributed by atoms with Crippen molar-refractivity contribution >= 4 is 44.7 Å². The average Bonchev–Trinajstić information content (AvgIpc) is 2.73. The number of aliphatic carboxylic acids is 1. The van der Waals surface area contributed by atoms with Crippen LogP contribution in [-0.2, 0) is 11.3 Å². The normalized spacial score (nSPS) is 12.8. The van der Waals surface area contributed by atoms with Gasteiger partial charge < -0.3 is 9.67 Å². The zero-order chi connectivity index (χ0) is 14.7. The Morgan fingerprint density at radius 3 is 2.95 bits per heavy atom. The van der Waals surface area contributed by atoms with Crippen LogP contribution < -0.4 is 0 Å². The van der Waals surface area contributed by atoms with E-state index in [1.54, 1.807) is 0 Å². The predicted octanol–water partition coefficient (Wildman–Crippen LogP) is 4.02. The van der Waals surface area contributed by atoms with Crippen LogP contribution in [0.15, 0.2) is 27.8 Å². The Morgan fingerprint density at radius 2 is 2.30 bits per heavy atom. The number of aromatic nitrogens is 2. The van der Waals surface area contributed by atoms with Crippen LogP contribution in [0.3, 0.4) is 0 Å². The minimum Gasteiger partial charge on any atom is -0.481 e. The van der Waals surface area contributed by atoms with Crippen molar-refractivity contribution in [3.8, 4) is 0 Å². The van der Waals surface area contributed by atoms with E-state index in [1.807, 2.05) is 18.2 Å². The van der Waals surface area contributed by atoms with Crippen molar-refractivity contribution in [1.29, 1.82) is 0 Å². The molecular formula is C14H17BrN2O2S. The fourth-order valence-corrected chi connectivity index (χ4v) is 3.03. The van der Waals surface area contributed by atoms with Crippen molar-refractivity contribution in [3.63, 3.8) is 0 Å². The first kappa shape index (κ1) is 15.4. The summed E-state index contributed by atoms with van der Waals surface area (Å²) in [6.07, 6.45) is 1.08. The molecule has 1 heterocycles. The summed E-state index contributed by atoms with van der Waals surface area (Å²) in [5, 5.41) is 9.63. The summed E-state index contributed by atoms with van der Waals surface area (Å²) in [5.74, 6) is -0.260. The molecule has 0 spiro atoms. The number of carbonyl (C=O) groups is 1. The molecule has 20 heavy (non-hydrogen) atoms. The second-order valence-corrected chi connectivity index (χ2v) is 6.69. The third-order valence-corrected chi connectivity index (χ3v) is 4.65. The van der Waals surface area contributed by atoms with E-state index in [2.05, 4.69) is 39.3 Å². The van der Waals surface area contributed by atoms with Gasteiger partial charge in [-0.3, -0.25) is 4.79 Å². The van der Waals surface area contributed by atoms with Crippen molar-refractivity contribution in [2.75, 3.05) is 5.75 Å². The van der Waals surface area contributed by atoms with Crippen molar-refractivity contribution in [1.82, 2.24) is 9.55 Å². The molecule has 0 radical (unpaired) electrons. The van der Waals surface area contributed by atoms with E-state index < -0.39 is 5.97 Å².